The third kappa shape index (κ3) is 5.73. The Morgan fingerprint density at radius 1 is 1.06 bits per heavy atom. The molecule has 188 valence electrons. The fraction of sp³-hybridized carbons (Fsp3) is 0.333. The first kappa shape index (κ1) is 25.0. The van der Waals surface area contributed by atoms with Crippen molar-refractivity contribution >= 4 is 35.5 Å². The Labute approximate surface area is 209 Å². The first-order valence-electron chi connectivity index (χ1n) is 11.9. The predicted molar refractivity (Wildman–Crippen MR) is 134 cm³/mol. The lowest BCUT2D eigenvalue weighted by atomic mass is 9.93. The maximum absolute atomic E-state index is 13.1. The average molecular weight is 492 g/mol. The number of hydrogen-bond donors (Lipinski definition) is 2. The topological polar surface area (TPSA) is 114 Å². The minimum atomic E-state index is -0.732. The van der Waals surface area contributed by atoms with Gasteiger partial charge in [0, 0.05) is 11.7 Å². The number of amides is 5. The molecule has 0 unspecified atom stereocenters. The molecule has 5 amide bonds. The van der Waals surface area contributed by atoms with Gasteiger partial charge in [0.2, 0.25) is 0 Å². The fourth-order valence-corrected chi connectivity index (χ4v) is 4.38. The molecule has 4 rings (SSSR count). The van der Waals surface area contributed by atoms with Crippen molar-refractivity contribution in [2.75, 3.05) is 19.0 Å². The summed E-state index contributed by atoms with van der Waals surface area (Å²) in [6.07, 6.45) is 5.85. The van der Waals surface area contributed by atoms with Crippen LogP contribution in [0.1, 0.15) is 43.2 Å². The summed E-state index contributed by atoms with van der Waals surface area (Å²) in [5.74, 6) is -0.996. The molecule has 2 aromatic rings. The van der Waals surface area contributed by atoms with E-state index in [1.165, 1.54) is 18.1 Å². The van der Waals surface area contributed by atoms with Crippen molar-refractivity contribution in [3.05, 3.63) is 59.2 Å². The number of barbiturate groups is 1. The van der Waals surface area contributed by atoms with Crippen molar-refractivity contribution in [2.24, 2.45) is 0 Å². The molecule has 9 heteroatoms. The molecule has 1 saturated carbocycles. The number of benzene rings is 2. The summed E-state index contributed by atoms with van der Waals surface area (Å²) < 4.78 is 11.0. The molecule has 2 aromatic carbocycles. The number of methoxy groups -OCH3 is 1. The Morgan fingerprint density at radius 3 is 2.47 bits per heavy atom. The number of nitrogens with one attached hydrogen (secondary N) is 2. The van der Waals surface area contributed by atoms with Crippen molar-refractivity contribution in [1.29, 1.82) is 0 Å². The van der Waals surface area contributed by atoms with E-state index in [4.69, 9.17) is 9.47 Å². The molecule has 1 heterocycles. The molecular weight excluding hydrogens is 462 g/mol. The van der Waals surface area contributed by atoms with Crippen LogP contribution in [0.4, 0.5) is 10.5 Å². The van der Waals surface area contributed by atoms with E-state index in [2.05, 4.69) is 10.6 Å². The number of nitrogens with zero attached hydrogens (tertiary/aromatic N) is 1. The predicted octanol–water partition coefficient (Wildman–Crippen LogP) is 3.82. The Hall–Kier alpha value is -4.14. The van der Waals surface area contributed by atoms with Gasteiger partial charge in [-0.15, -0.1) is 0 Å². The highest BCUT2D eigenvalue weighted by molar-refractivity contribution is 6.31. The smallest absolute Gasteiger partial charge is 0.331 e. The summed E-state index contributed by atoms with van der Waals surface area (Å²) >= 11 is 0. The van der Waals surface area contributed by atoms with Gasteiger partial charge in [-0.2, -0.15) is 0 Å². The van der Waals surface area contributed by atoms with Crippen LogP contribution in [0.3, 0.4) is 0 Å². The molecule has 1 aliphatic heterocycles. The summed E-state index contributed by atoms with van der Waals surface area (Å²) in [5.41, 5.74) is 2.15. The normalized spacial score (nSPS) is 17.7. The molecule has 9 nitrogen and oxygen atoms in total. The van der Waals surface area contributed by atoms with Gasteiger partial charge in [0.25, 0.3) is 17.7 Å². The highest BCUT2D eigenvalue weighted by atomic mass is 16.5. The summed E-state index contributed by atoms with van der Waals surface area (Å²) in [6, 6.07) is 11.4. The van der Waals surface area contributed by atoms with Crippen molar-refractivity contribution in [2.45, 2.75) is 45.1 Å². The number of hydrogen-bond acceptors (Lipinski definition) is 6. The van der Waals surface area contributed by atoms with Gasteiger partial charge in [-0.1, -0.05) is 43.0 Å². The lowest BCUT2D eigenvalue weighted by Gasteiger charge is -2.35. The Bertz CT molecular complexity index is 1200. The minimum absolute atomic E-state index is 0.117. The third-order valence-corrected chi connectivity index (χ3v) is 6.27. The van der Waals surface area contributed by atoms with Gasteiger partial charge < -0.3 is 14.8 Å². The van der Waals surface area contributed by atoms with Gasteiger partial charge in [-0.05, 0) is 55.7 Å². The van der Waals surface area contributed by atoms with E-state index in [1.54, 1.807) is 18.2 Å². The molecule has 1 saturated heterocycles. The monoisotopic (exact) mass is 491 g/mol. The van der Waals surface area contributed by atoms with Gasteiger partial charge in [-0.3, -0.25) is 24.6 Å². The van der Waals surface area contributed by atoms with Crippen LogP contribution in [-0.2, 0) is 14.4 Å². The number of ether oxygens (including phenoxy) is 2. The van der Waals surface area contributed by atoms with Gasteiger partial charge in [-0.25, -0.2) is 4.79 Å². The fourth-order valence-electron chi connectivity index (χ4n) is 4.38. The number of carbonyl (C=O) groups is 4. The molecule has 0 bridgehead atoms. The van der Waals surface area contributed by atoms with E-state index in [1.807, 2.05) is 31.2 Å². The number of anilines is 1. The molecule has 0 spiro atoms. The summed E-state index contributed by atoms with van der Waals surface area (Å²) in [6.45, 7) is 1.73. The first-order chi connectivity index (χ1) is 17.4. The maximum Gasteiger partial charge on any atom is 0.331 e. The van der Waals surface area contributed by atoms with E-state index in [0.29, 0.717) is 22.7 Å². The van der Waals surface area contributed by atoms with Crippen LogP contribution in [-0.4, -0.2) is 48.4 Å². The summed E-state index contributed by atoms with van der Waals surface area (Å²) in [5, 5.41) is 5.04. The van der Waals surface area contributed by atoms with Crippen LogP contribution < -0.4 is 20.1 Å². The second kappa shape index (κ2) is 11.1. The quantitative estimate of drug-likeness (QED) is 0.450. The van der Waals surface area contributed by atoms with Crippen molar-refractivity contribution in [3.63, 3.8) is 0 Å². The molecule has 0 atom stereocenters. The average Bonchev–Trinajstić information content (AvgIpc) is 2.87. The minimum Gasteiger partial charge on any atom is -0.493 e. The highest BCUT2D eigenvalue weighted by Gasteiger charge is 2.40. The van der Waals surface area contributed by atoms with Crippen molar-refractivity contribution < 1.29 is 28.7 Å². The van der Waals surface area contributed by atoms with Crippen LogP contribution in [0.25, 0.3) is 6.08 Å². The maximum atomic E-state index is 13.1. The van der Waals surface area contributed by atoms with Crippen LogP contribution in [0.5, 0.6) is 11.5 Å². The molecule has 2 fully saturated rings. The Balaban J connectivity index is 1.46. The number of urea groups is 1. The summed E-state index contributed by atoms with van der Waals surface area (Å²) in [4.78, 5) is 51.4. The Morgan fingerprint density at radius 2 is 1.78 bits per heavy atom. The third-order valence-electron chi connectivity index (χ3n) is 6.27. The van der Waals surface area contributed by atoms with Crippen LogP contribution in [0.2, 0.25) is 0 Å². The summed E-state index contributed by atoms with van der Waals surface area (Å²) in [7, 11) is 1.45. The molecule has 36 heavy (non-hydrogen) atoms. The standard InChI is InChI=1S/C27H29N3O6/c1-17-8-11-19(12-9-17)28-24(31)16-36-22-13-10-18(15-23(22)35-2)14-21-25(32)29-27(34)30(26(21)33)20-6-4-3-5-7-20/h8-15,20H,3-7,16H2,1-2H3,(H,28,31)(H,29,32,34). The van der Waals surface area contributed by atoms with Crippen LogP contribution in [0, 0.1) is 6.92 Å². The Kier molecular flexibility index (Phi) is 7.68. The van der Waals surface area contributed by atoms with Gasteiger partial charge >= 0.3 is 6.03 Å². The zero-order valence-corrected chi connectivity index (χ0v) is 20.3. The lowest BCUT2D eigenvalue weighted by molar-refractivity contribution is -0.132. The molecule has 2 aliphatic rings. The van der Waals surface area contributed by atoms with E-state index < -0.39 is 17.8 Å². The van der Waals surface area contributed by atoms with Crippen LogP contribution in [0.15, 0.2) is 48.0 Å². The molecule has 0 aromatic heterocycles. The molecular formula is C27H29N3O6. The van der Waals surface area contributed by atoms with E-state index in [9.17, 15) is 19.2 Å². The van der Waals surface area contributed by atoms with Gasteiger partial charge in [0.15, 0.2) is 18.1 Å². The van der Waals surface area contributed by atoms with Gasteiger partial charge in [0.05, 0.1) is 7.11 Å². The van der Waals surface area contributed by atoms with Crippen molar-refractivity contribution in [3.8, 4) is 11.5 Å². The molecule has 0 radical (unpaired) electrons. The number of carbonyl (C=O) groups excluding carboxylic acids is 4. The number of rotatable bonds is 7. The number of aryl methyl sites for hydroxylation is 1. The van der Waals surface area contributed by atoms with Crippen molar-refractivity contribution in [1.82, 2.24) is 10.2 Å². The van der Waals surface area contributed by atoms with E-state index in [0.717, 1.165) is 37.7 Å². The zero-order valence-electron chi connectivity index (χ0n) is 20.3. The SMILES string of the molecule is COc1cc(C=C2C(=O)NC(=O)N(C3CCCCC3)C2=O)ccc1OCC(=O)Nc1ccc(C)cc1. The van der Waals surface area contributed by atoms with E-state index >= 15 is 0 Å². The van der Waals surface area contributed by atoms with E-state index in [-0.39, 0.29) is 24.1 Å². The van der Waals surface area contributed by atoms with Crippen LogP contribution >= 0.6 is 0 Å². The number of imide groups is 2. The zero-order chi connectivity index (χ0) is 25.7. The molecule has 1 aliphatic carbocycles. The second-order valence-corrected chi connectivity index (χ2v) is 8.90. The van der Waals surface area contributed by atoms with Gasteiger partial charge in [0.1, 0.15) is 5.57 Å². The first-order valence-corrected chi connectivity index (χ1v) is 11.9. The highest BCUT2D eigenvalue weighted by Crippen LogP contribution is 2.30. The lowest BCUT2D eigenvalue weighted by Crippen LogP contribution is -2.58. The second-order valence-electron chi connectivity index (χ2n) is 8.90. The molecule has 2 N–H and O–H groups in total. The largest absolute Gasteiger partial charge is 0.493 e.